The van der Waals surface area contributed by atoms with Gasteiger partial charge in [-0.2, -0.15) is 0 Å². The number of hydrogen-bond acceptors (Lipinski definition) is 3. The number of anilines is 1. The highest BCUT2D eigenvalue weighted by atomic mass is 35.5. The van der Waals surface area contributed by atoms with Crippen molar-refractivity contribution in [3.63, 3.8) is 0 Å². The third-order valence-electron chi connectivity index (χ3n) is 3.06. The summed E-state index contributed by atoms with van der Waals surface area (Å²) in [6, 6.07) is 10.4. The molecule has 0 spiro atoms. The van der Waals surface area contributed by atoms with Gasteiger partial charge in [0.25, 0.3) is 5.91 Å². The average Bonchev–Trinajstić information content (AvgIpc) is 2.50. The lowest BCUT2D eigenvalue weighted by Crippen LogP contribution is -2.13. The molecule has 0 bridgehead atoms. The zero-order valence-electron chi connectivity index (χ0n) is 12.1. The number of amides is 1. The number of halogens is 1. The Hall–Kier alpha value is -2.20. The zero-order valence-corrected chi connectivity index (χ0v) is 12.8. The van der Waals surface area contributed by atoms with Crippen molar-refractivity contribution in [3.8, 4) is 11.5 Å². The largest absolute Gasteiger partial charge is 0.497 e. The van der Waals surface area contributed by atoms with E-state index in [2.05, 4.69) is 5.32 Å². The summed E-state index contributed by atoms with van der Waals surface area (Å²) in [6.07, 6.45) is 0. The van der Waals surface area contributed by atoms with Crippen LogP contribution in [0.2, 0.25) is 5.02 Å². The molecule has 0 aliphatic heterocycles. The molecule has 2 aromatic carbocycles. The summed E-state index contributed by atoms with van der Waals surface area (Å²) in [5.74, 6) is 0.863. The lowest BCUT2D eigenvalue weighted by Gasteiger charge is -2.11. The third-order valence-corrected chi connectivity index (χ3v) is 3.30. The van der Waals surface area contributed by atoms with Gasteiger partial charge in [-0.25, -0.2) is 0 Å². The Labute approximate surface area is 128 Å². The standard InChI is InChI=1S/C16H16ClNO3/c1-10-4-5-12(17)8-15(10)18-16(19)11-6-13(20-2)9-14(7-11)21-3/h4-9H,1-3H3,(H,18,19). The maximum Gasteiger partial charge on any atom is 0.255 e. The van der Waals surface area contributed by atoms with Crippen LogP contribution in [0.5, 0.6) is 11.5 Å². The minimum atomic E-state index is -0.252. The topological polar surface area (TPSA) is 47.6 Å². The van der Waals surface area contributed by atoms with Crippen molar-refractivity contribution in [1.82, 2.24) is 0 Å². The monoisotopic (exact) mass is 305 g/mol. The van der Waals surface area contributed by atoms with E-state index in [0.29, 0.717) is 27.8 Å². The minimum absolute atomic E-state index is 0.252. The van der Waals surface area contributed by atoms with Crippen LogP contribution in [0.25, 0.3) is 0 Å². The van der Waals surface area contributed by atoms with Crippen LogP contribution in [0.3, 0.4) is 0 Å². The lowest BCUT2D eigenvalue weighted by molar-refractivity contribution is 0.102. The number of hydrogen-bond donors (Lipinski definition) is 1. The Balaban J connectivity index is 2.29. The normalized spacial score (nSPS) is 10.1. The Bertz CT molecular complexity index is 648. The molecular formula is C16H16ClNO3. The van der Waals surface area contributed by atoms with Crippen molar-refractivity contribution in [2.45, 2.75) is 6.92 Å². The van der Waals surface area contributed by atoms with Crippen LogP contribution in [0.1, 0.15) is 15.9 Å². The van der Waals surface area contributed by atoms with Crippen molar-refractivity contribution in [3.05, 3.63) is 52.5 Å². The Kier molecular flexibility index (Phi) is 4.70. The number of aryl methyl sites for hydroxylation is 1. The molecule has 110 valence electrons. The van der Waals surface area contributed by atoms with Gasteiger partial charge < -0.3 is 14.8 Å². The first-order valence-electron chi connectivity index (χ1n) is 6.34. The van der Waals surface area contributed by atoms with Crippen LogP contribution in [0.4, 0.5) is 5.69 Å². The van der Waals surface area contributed by atoms with Crippen molar-refractivity contribution in [2.24, 2.45) is 0 Å². The fourth-order valence-corrected chi connectivity index (χ4v) is 2.03. The predicted octanol–water partition coefficient (Wildman–Crippen LogP) is 3.92. The van der Waals surface area contributed by atoms with E-state index in [1.165, 1.54) is 14.2 Å². The number of methoxy groups -OCH3 is 2. The Morgan fingerprint density at radius 3 is 2.24 bits per heavy atom. The van der Waals surface area contributed by atoms with E-state index in [0.717, 1.165) is 5.56 Å². The van der Waals surface area contributed by atoms with Crippen LogP contribution in [0.15, 0.2) is 36.4 Å². The molecule has 0 aliphatic rings. The summed E-state index contributed by atoms with van der Waals surface area (Å²) >= 11 is 5.95. The van der Waals surface area contributed by atoms with E-state index in [9.17, 15) is 4.79 Å². The molecule has 1 amide bonds. The fourth-order valence-electron chi connectivity index (χ4n) is 1.86. The summed E-state index contributed by atoms with van der Waals surface area (Å²) < 4.78 is 10.3. The molecule has 0 saturated heterocycles. The molecule has 0 aromatic heterocycles. The number of carbonyl (C=O) groups excluding carboxylic acids is 1. The highest BCUT2D eigenvalue weighted by Gasteiger charge is 2.11. The van der Waals surface area contributed by atoms with Crippen molar-refractivity contribution < 1.29 is 14.3 Å². The van der Waals surface area contributed by atoms with Crippen LogP contribution in [0, 0.1) is 6.92 Å². The first kappa shape index (κ1) is 15.2. The molecule has 1 N–H and O–H groups in total. The van der Waals surface area contributed by atoms with Gasteiger partial charge in [-0.05, 0) is 36.8 Å². The maximum absolute atomic E-state index is 12.3. The van der Waals surface area contributed by atoms with Crippen molar-refractivity contribution in [2.75, 3.05) is 19.5 Å². The van der Waals surface area contributed by atoms with Crippen molar-refractivity contribution in [1.29, 1.82) is 0 Å². The molecule has 0 aliphatic carbocycles. The number of carbonyl (C=O) groups is 1. The van der Waals surface area contributed by atoms with Gasteiger partial charge in [-0.1, -0.05) is 17.7 Å². The average molecular weight is 306 g/mol. The van der Waals surface area contributed by atoms with E-state index < -0.39 is 0 Å². The zero-order chi connectivity index (χ0) is 15.4. The van der Waals surface area contributed by atoms with E-state index in [1.807, 2.05) is 13.0 Å². The third kappa shape index (κ3) is 3.67. The SMILES string of the molecule is COc1cc(OC)cc(C(=O)Nc2cc(Cl)ccc2C)c1. The highest BCUT2D eigenvalue weighted by molar-refractivity contribution is 6.31. The van der Waals surface area contributed by atoms with Crippen LogP contribution < -0.4 is 14.8 Å². The van der Waals surface area contributed by atoms with Gasteiger partial charge >= 0.3 is 0 Å². The Morgan fingerprint density at radius 2 is 1.67 bits per heavy atom. The summed E-state index contributed by atoms with van der Waals surface area (Å²) in [5.41, 5.74) is 2.06. The summed E-state index contributed by atoms with van der Waals surface area (Å²) in [7, 11) is 3.08. The summed E-state index contributed by atoms with van der Waals surface area (Å²) in [5, 5.41) is 3.40. The number of rotatable bonds is 4. The van der Waals surface area contributed by atoms with Gasteiger partial charge in [0, 0.05) is 22.3 Å². The van der Waals surface area contributed by atoms with Crippen molar-refractivity contribution >= 4 is 23.2 Å². The molecule has 0 saturated carbocycles. The minimum Gasteiger partial charge on any atom is -0.497 e. The second-order valence-corrected chi connectivity index (χ2v) is 4.95. The van der Waals surface area contributed by atoms with E-state index in [-0.39, 0.29) is 5.91 Å². The molecule has 2 rings (SSSR count). The predicted molar refractivity (Wildman–Crippen MR) is 83.7 cm³/mol. The molecule has 5 heteroatoms. The lowest BCUT2D eigenvalue weighted by atomic mass is 10.1. The van der Waals surface area contributed by atoms with Gasteiger partial charge in [0.15, 0.2) is 0 Å². The molecule has 0 unspecified atom stereocenters. The van der Waals surface area contributed by atoms with Crippen LogP contribution in [-0.2, 0) is 0 Å². The fraction of sp³-hybridized carbons (Fsp3) is 0.188. The molecule has 0 radical (unpaired) electrons. The van der Waals surface area contributed by atoms with E-state index >= 15 is 0 Å². The molecule has 4 nitrogen and oxygen atoms in total. The number of nitrogens with one attached hydrogen (secondary N) is 1. The first-order valence-corrected chi connectivity index (χ1v) is 6.72. The summed E-state index contributed by atoms with van der Waals surface area (Å²) in [6.45, 7) is 1.90. The molecule has 0 fully saturated rings. The number of benzene rings is 2. The molecule has 2 aromatic rings. The molecule has 21 heavy (non-hydrogen) atoms. The smallest absolute Gasteiger partial charge is 0.255 e. The van der Waals surface area contributed by atoms with Gasteiger partial charge in [0.2, 0.25) is 0 Å². The van der Waals surface area contributed by atoms with E-state index in [4.69, 9.17) is 21.1 Å². The molecular weight excluding hydrogens is 290 g/mol. The molecule has 0 heterocycles. The second kappa shape index (κ2) is 6.50. The molecule has 0 atom stereocenters. The van der Waals surface area contributed by atoms with Crippen LogP contribution >= 0.6 is 11.6 Å². The quantitative estimate of drug-likeness (QED) is 0.931. The maximum atomic E-state index is 12.3. The summed E-state index contributed by atoms with van der Waals surface area (Å²) in [4.78, 5) is 12.3. The van der Waals surface area contributed by atoms with Crippen LogP contribution in [-0.4, -0.2) is 20.1 Å². The highest BCUT2D eigenvalue weighted by Crippen LogP contribution is 2.25. The number of ether oxygens (including phenoxy) is 2. The van der Waals surface area contributed by atoms with Gasteiger partial charge in [0.05, 0.1) is 14.2 Å². The first-order chi connectivity index (χ1) is 10.0. The second-order valence-electron chi connectivity index (χ2n) is 4.51. The van der Waals surface area contributed by atoms with Gasteiger partial charge in [-0.15, -0.1) is 0 Å². The van der Waals surface area contributed by atoms with Gasteiger partial charge in [-0.3, -0.25) is 4.79 Å². The van der Waals surface area contributed by atoms with Gasteiger partial charge in [0.1, 0.15) is 11.5 Å². The van der Waals surface area contributed by atoms with E-state index in [1.54, 1.807) is 30.3 Å². The Morgan fingerprint density at radius 1 is 1.05 bits per heavy atom.